The largest absolute Gasteiger partial charge is 0.265 e. The van der Waals surface area contributed by atoms with Gasteiger partial charge in [-0.1, -0.05) is 6.07 Å². The second-order valence-electron chi connectivity index (χ2n) is 1.77. The Balaban J connectivity index is 0.000000180. The first-order chi connectivity index (χ1) is 4.73. The lowest BCUT2D eigenvalue weighted by molar-refractivity contribution is 0.690. The van der Waals surface area contributed by atoms with E-state index in [0.717, 1.165) is 0 Å². The van der Waals surface area contributed by atoms with E-state index in [1.165, 1.54) is 0 Å². The zero-order chi connectivity index (χ0) is 7.82. The Morgan fingerprint density at radius 3 is 1.60 bits per heavy atom. The van der Waals surface area contributed by atoms with Crippen LogP contribution < -0.4 is 0 Å². The first-order valence-corrected chi connectivity index (χ1v) is 4.80. The molecule has 0 radical (unpaired) electrons. The van der Waals surface area contributed by atoms with Gasteiger partial charge in [0.2, 0.25) is 0 Å². The molecule has 0 aliphatic carbocycles. The third-order valence-electron chi connectivity index (χ3n) is 0.566. The normalized spacial score (nSPS) is 8.30. The quantitative estimate of drug-likeness (QED) is 0.564. The van der Waals surface area contributed by atoms with Gasteiger partial charge in [0.15, 0.2) is 0 Å². The fourth-order valence-electron chi connectivity index (χ4n) is 0.313. The van der Waals surface area contributed by atoms with E-state index in [-0.39, 0.29) is 0 Å². The molecule has 1 aromatic heterocycles. The van der Waals surface area contributed by atoms with E-state index < -0.39 is 10.8 Å². The van der Waals surface area contributed by atoms with Crippen LogP contribution in [0.25, 0.3) is 0 Å². The highest BCUT2D eigenvalue weighted by Crippen LogP contribution is 1.73. The fraction of sp³-hybridized carbons (Fsp3) is 0.286. The molecule has 0 aliphatic heterocycles. The van der Waals surface area contributed by atoms with E-state index >= 15 is 0 Å². The molecule has 0 fully saturated rings. The van der Waals surface area contributed by atoms with Gasteiger partial charge in [0, 0.05) is 35.7 Å². The summed E-state index contributed by atoms with van der Waals surface area (Å²) in [5, 5.41) is 0. The second kappa shape index (κ2) is 6.42. The molecule has 0 aromatic carbocycles. The number of rotatable bonds is 0. The summed E-state index contributed by atoms with van der Waals surface area (Å²) in [6.45, 7) is 0. The highest BCUT2D eigenvalue weighted by Gasteiger charge is 1.58. The van der Waals surface area contributed by atoms with E-state index in [0.29, 0.717) is 0 Å². The minimum absolute atomic E-state index is 0.611. The van der Waals surface area contributed by atoms with E-state index in [2.05, 4.69) is 4.98 Å². The summed E-state index contributed by atoms with van der Waals surface area (Å²) < 4.78 is 9.56. The molecule has 0 aliphatic rings. The molecule has 0 spiro atoms. The zero-order valence-corrected chi connectivity index (χ0v) is 6.97. The summed E-state index contributed by atoms with van der Waals surface area (Å²) in [7, 11) is -0.611. The van der Waals surface area contributed by atoms with Gasteiger partial charge in [-0.2, -0.15) is 0 Å². The van der Waals surface area contributed by atoms with Gasteiger partial charge in [0.1, 0.15) is 0 Å². The van der Waals surface area contributed by atoms with E-state index in [1.807, 2.05) is 18.2 Å². The van der Waals surface area contributed by atoms with Gasteiger partial charge in [-0.05, 0) is 12.1 Å². The van der Waals surface area contributed by atoms with E-state index in [1.54, 1.807) is 24.9 Å². The Bertz CT molecular complexity index is 146. The molecule has 0 atom stereocenters. The predicted octanol–water partition coefficient (Wildman–Crippen LogP) is 1.08. The van der Waals surface area contributed by atoms with Crippen LogP contribution in [0.4, 0.5) is 0 Å². The lowest BCUT2D eigenvalue weighted by Crippen LogP contribution is -1.70. The van der Waals surface area contributed by atoms with Gasteiger partial charge in [0.25, 0.3) is 0 Å². The number of nitrogens with zero attached hydrogens (tertiary/aromatic N) is 1. The molecule has 56 valence electrons. The van der Waals surface area contributed by atoms with Crippen LogP contribution in [0.5, 0.6) is 0 Å². The number of hydrogen-bond acceptors (Lipinski definition) is 2. The van der Waals surface area contributed by atoms with Crippen LogP contribution in [0.3, 0.4) is 0 Å². The molecular formula is C7H11NOS. The molecule has 3 heteroatoms. The highest BCUT2D eigenvalue weighted by atomic mass is 32.2. The average Bonchev–Trinajstić information content (AvgIpc) is 1.90. The van der Waals surface area contributed by atoms with E-state index in [4.69, 9.17) is 0 Å². The monoisotopic (exact) mass is 157 g/mol. The first-order valence-electron chi connectivity index (χ1n) is 2.83. The summed E-state index contributed by atoms with van der Waals surface area (Å²) in [6, 6.07) is 5.72. The van der Waals surface area contributed by atoms with Gasteiger partial charge in [0.05, 0.1) is 0 Å². The number of aromatic nitrogens is 1. The topological polar surface area (TPSA) is 30.0 Å². The van der Waals surface area contributed by atoms with Gasteiger partial charge >= 0.3 is 0 Å². The van der Waals surface area contributed by atoms with Gasteiger partial charge < -0.3 is 0 Å². The van der Waals surface area contributed by atoms with Crippen LogP contribution in [0.2, 0.25) is 0 Å². The van der Waals surface area contributed by atoms with Crippen molar-refractivity contribution < 1.29 is 4.21 Å². The number of pyridine rings is 1. The standard InChI is InChI=1S/C5H5N.C2H6OS/c1-2-4-6-5-3-1;1-4(2)3/h1-5H;1-2H3. The van der Waals surface area contributed by atoms with Crippen molar-refractivity contribution in [3.8, 4) is 0 Å². The Kier molecular flexibility index (Phi) is 5.97. The van der Waals surface area contributed by atoms with E-state index in [9.17, 15) is 4.21 Å². The highest BCUT2D eigenvalue weighted by molar-refractivity contribution is 7.83. The molecule has 1 aromatic rings. The zero-order valence-electron chi connectivity index (χ0n) is 6.15. The Labute approximate surface area is 63.8 Å². The molecule has 1 rings (SSSR count). The molecular weight excluding hydrogens is 146 g/mol. The third-order valence-corrected chi connectivity index (χ3v) is 0.566. The Morgan fingerprint density at radius 1 is 1.10 bits per heavy atom. The van der Waals surface area contributed by atoms with Gasteiger partial charge in [-0.25, -0.2) is 0 Å². The van der Waals surface area contributed by atoms with Crippen LogP contribution in [0, 0.1) is 0 Å². The predicted molar refractivity (Wildman–Crippen MR) is 44.2 cm³/mol. The maximum Gasteiger partial charge on any atom is 0.0267 e. The van der Waals surface area contributed by atoms with Crippen LogP contribution in [0.1, 0.15) is 0 Å². The molecule has 0 saturated carbocycles. The van der Waals surface area contributed by atoms with Crippen molar-refractivity contribution >= 4 is 10.8 Å². The molecule has 10 heavy (non-hydrogen) atoms. The molecule has 1 heterocycles. The van der Waals surface area contributed by atoms with Crippen molar-refractivity contribution in [1.82, 2.24) is 4.98 Å². The minimum Gasteiger partial charge on any atom is -0.265 e. The Hall–Kier alpha value is -0.700. The SMILES string of the molecule is CS(C)=O.c1ccncc1. The molecule has 0 bridgehead atoms. The molecule has 0 saturated heterocycles. The average molecular weight is 157 g/mol. The minimum atomic E-state index is -0.611. The van der Waals surface area contributed by atoms with Crippen LogP contribution in [-0.4, -0.2) is 21.7 Å². The van der Waals surface area contributed by atoms with Gasteiger partial charge in [-0.15, -0.1) is 0 Å². The molecule has 0 unspecified atom stereocenters. The lowest BCUT2D eigenvalue weighted by atomic mass is 10.5. The van der Waals surface area contributed by atoms with Gasteiger partial charge in [-0.3, -0.25) is 9.19 Å². The smallest absolute Gasteiger partial charge is 0.0267 e. The van der Waals surface area contributed by atoms with Crippen molar-refractivity contribution in [3.05, 3.63) is 30.6 Å². The molecule has 2 nitrogen and oxygen atoms in total. The molecule has 0 N–H and O–H groups in total. The third kappa shape index (κ3) is 10.3. The summed E-state index contributed by atoms with van der Waals surface area (Å²) >= 11 is 0. The maximum atomic E-state index is 9.56. The summed E-state index contributed by atoms with van der Waals surface area (Å²) in [5.41, 5.74) is 0. The van der Waals surface area contributed by atoms with Crippen LogP contribution in [-0.2, 0) is 10.8 Å². The lowest BCUT2D eigenvalue weighted by Gasteiger charge is -1.70. The maximum absolute atomic E-state index is 9.56. The number of hydrogen-bond donors (Lipinski definition) is 0. The molecule has 0 amide bonds. The van der Waals surface area contributed by atoms with Crippen molar-refractivity contribution in [2.75, 3.05) is 12.5 Å². The van der Waals surface area contributed by atoms with Crippen LogP contribution in [0.15, 0.2) is 30.6 Å². The summed E-state index contributed by atoms with van der Waals surface area (Å²) in [5.74, 6) is 0. The van der Waals surface area contributed by atoms with Crippen molar-refractivity contribution in [1.29, 1.82) is 0 Å². The summed E-state index contributed by atoms with van der Waals surface area (Å²) in [4.78, 5) is 3.78. The van der Waals surface area contributed by atoms with Crippen LogP contribution >= 0.6 is 0 Å². The second-order valence-corrected chi connectivity index (χ2v) is 3.25. The fourth-order valence-corrected chi connectivity index (χ4v) is 0.313. The summed E-state index contributed by atoms with van der Waals surface area (Å²) in [6.07, 6.45) is 6.78. The van der Waals surface area contributed by atoms with Crippen molar-refractivity contribution in [2.45, 2.75) is 0 Å². The van der Waals surface area contributed by atoms with Crippen molar-refractivity contribution in [3.63, 3.8) is 0 Å². The Morgan fingerprint density at radius 2 is 1.50 bits per heavy atom. The van der Waals surface area contributed by atoms with Crippen molar-refractivity contribution in [2.24, 2.45) is 0 Å². The first kappa shape index (κ1) is 9.30.